The van der Waals surface area contributed by atoms with Crippen LogP contribution in [0.3, 0.4) is 0 Å². The van der Waals surface area contributed by atoms with E-state index < -0.39 is 11.8 Å². The standard InChI is InChI=1S/C29H34N4O3S2/c1-21-7-3-6-10-25(21)30-28(35)36-38-32-16-14-29(15-17-32)31-26(13-18-37-2)27(34)33(29)20-22-11-12-23-8-4-5-9-24(23)19-22/h3-12,19,26,31H,13-18,20H2,1-2H3,(H,30,35). The van der Waals surface area contributed by atoms with Gasteiger partial charge in [0.05, 0.1) is 11.7 Å². The minimum atomic E-state index is -0.492. The number of nitrogens with zero attached hydrogens (tertiary/aromatic N) is 2. The minimum absolute atomic E-state index is 0.168. The molecule has 3 aromatic rings. The highest BCUT2D eigenvalue weighted by atomic mass is 32.2. The van der Waals surface area contributed by atoms with E-state index in [0.717, 1.165) is 54.1 Å². The molecule has 0 aromatic heterocycles. The van der Waals surface area contributed by atoms with Crippen molar-refractivity contribution < 1.29 is 13.8 Å². The maximum Gasteiger partial charge on any atom is 0.425 e. The van der Waals surface area contributed by atoms with E-state index in [9.17, 15) is 9.59 Å². The third-order valence-electron chi connectivity index (χ3n) is 7.44. The monoisotopic (exact) mass is 550 g/mol. The summed E-state index contributed by atoms with van der Waals surface area (Å²) in [5.74, 6) is 1.12. The van der Waals surface area contributed by atoms with Crippen molar-refractivity contribution in [2.24, 2.45) is 0 Å². The number of fused-ring (bicyclic) bond motifs is 1. The topological polar surface area (TPSA) is 73.9 Å². The van der Waals surface area contributed by atoms with E-state index in [1.165, 1.54) is 10.8 Å². The van der Waals surface area contributed by atoms with Gasteiger partial charge in [-0.2, -0.15) is 11.8 Å². The number of rotatable bonds is 8. The van der Waals surface area contributed by atoms with Gasteiger partial charge < -0.3 is 9.08 Å². The molecule has 1 atom stereocenters. The van der Waals surface area contributed by atoms with Crippen molar-refractivity contribution in [3.05, 3.63) is 77.9 Å². The lowest BCUT2D eigenvalue weighted by atomic mass is 9.96. The van der Waals surface area contributed by atoms with Crippen LogP contribution >= 0.6 is 24.0 Å². The molecule has 38 heavy (non-hydrogen) atoms. The van der Waals surface area contributed by atoms with Crippen LogP contribution < -0.4 is 10.6 Å². The number of para-hydroxylation sites is 1. The predicted molar refractivity (Wildman–Crippen MR) is 157 cm³/mol. The minimum Gasteiger partial charge on any atom is -0.358 e. The van der Waals surface area contributed by atoms with Crippen molar-refractivity contribution in [3.8, 4) is 0 Å². The first-order valence-electron chi connectivity index (χ1n) is 13.0. The predicted octanol–water partition coefficient (Wildman–Crippen LogP) is 5.81. The van der Waals surface area contributed by atoms with Gasteiger partial charge in [-0.25, -0.2) is 9.10 Å². The summed E-state index contributed by atoms with van der Waals surface area (Å²) < 4.78 is 7.49. The summed E-state index contributed by atoms with van der Waals surface area (Å²) in [6.07, 6.45) is 3.92. The molecule has 5 rings (SSSR count). The van der Waals surface area contributed by atoms with E-state index in [1.807, 2.05) is 43.3 Å². The highest BCUT2D eigenvalue weighted by molar-refractivity contribution is 7.98. The fourth-order valence-corrected chi connectivity index (χ4v) is 6.34. The number of piperidine rings is 1. The Morgan fingerprint density at radius 1 is 1.08 bits per heavy atom. The third kappa shape index (κ3) is 5.96. The van der Waals surface area contributed by atoms with E-state index in [0.29, 0.717) is 19.6 Å². The molecular formula is C29H34N4O3S2. The van der Waals surface area contributed by atoms with Crippen molar-refractivity contribution in [3.63, 3.8) is 0 Å². The second-order valence-electron chi connectivity index (χ2n) is 9.93. The molecule has 2 aliphatic rings. The van der Waals surface area contributed by atoms with Crippen LogP contribution in [-0.2, 0) is 15.5 Å². The van der Waals surface area contributed by atoms with Gasteiger partial charge >= 0.3 is 6.09 Å². The van der Waals surface area contributed by atoms with Crippen LogP contribution in [0.15, 0.2) is 66.7 Å². The van der Waals surface area contributed by atoms with Crippen molar-refractivity contribution in [2.45, 2.75) is 44.4 Å². The Morgan fingerprint density at radius 2 is 1.82 bits per heavy atom. The van der Waals surface area contributed by atoms with Crippen molar-refractivity contribution in [1.82, 2.24) is 14.5 Å². The Hall–Kier alpha value is -2.72. The zero-order valence-electron chi connectivity index (χ0n) is 21.8. The van der Waals surface area contributed by atoms with Crippen LogP contribution in [-0.4, -0.2) is 58.0 Å². The third-order valence-corrected chi connectivity index (χ3v) is 8.88. The second-order valence-corrected chi connectivity index (χ2v) is 11.7. The van der Waals surface area contributed by atoms with E-state index in [4.69, 9.17) is 4.18 Å². The molecule has 0 aliphatic carbocycles. The number of carbonyl (C=O) groups is 2. The first-order valence-corrected chi connectivity index (χ1v) is 15.1. The number of amides is 2. The average molecular weight is 551 g/mol. The lowest BCUT2D eigenvalue weighted by Gasteiger charge is -2.43. The molecule has 1 spiro atoms. The van der Waals surface area contributed by atoms with Gasteiger partial charge in [0.25, 0.3) is 0 Å². The molecule has 0 radical (unpaired) electrons. The highest BCUT2D eigenvalue weighted by Crippen LogP contribution is 2.37. The largest absolute Gasteiger partial charge is 0.425 e. The SMILES string of the molecule is CSCCC1NC2(CCN(SOC(=O)Nc3ccccc3C)CC2)N(Cc2ccc3ccccc3c2)C1=O. The fraction of sp³-hybridized carbons (Fsp3) is 0.379. The van der Waals surface area contributed by atoms with Crippen molar-refractivity contribution in [2.75, 3.05) is 30.4 Å². The van der Waals surface area contributed by atoms with Gasteiger partial charge in [-0.1, -0.05) is 54.6 Å². The Kier molecular flexibility index (Phi) is 8.48. The summed E-state index contributed by atoms with van der Waals surface area (Å²) in [5.41, 5.74) is 2.46. The molecule has 200 valence electrons. The molecule has 2 N–H and O–H groups in total. The van der Waals surface area contributed by atoms with E-state index >= 15 is 0 Å². The Bertz CT molecular complexity index is 1300. The van der Waals surface area contributed by atoms with Crippen LogP contribution in [0, 0.1) is 6.92 Å². The van der Waals surface area contributed by atoms with Gasteiger partial charge in [-0.3, -0.25) is 15.4 Å². The summed E-state index contributed by atoms with van der Waals surface area (Å²) >= 11 is 2.85. The van der Waals surface area contributed by atoms with E-state index in [-0.39, 0.29) is 11.9 Å². The molecule has 0 bridgehead atoms. The normalized spacial score (nSPS) is 19.3. The number of hydrogen-bond donors (Lipinski definition) is 2. The Balaban J connectivity index is 1.23. The van der Waals surface area contributed by atoms with Crippen molar-refractivity contribution in [1.29, 1.82) is 0 Å². The van der Waals surface area contributed by atoms with E-state index in [1.54, 1.807) is 11.8 Å². The van der Waals surface area contributed by atoms with Gasteiger partial charge in [-0.05, 0) is 72.2 Å². The number of anilines is 1. The number of benzene rings is 3. The number of hydrogen-bond acceptors (Lipinski definition) is 7. The quantitative estimate of drug-likeness (QED) is 0.271. The van der Waals surface area contributed by atoms with Crippen LogP contribution in [0.25, 0.3) is 10.8 Å². The van der Waals surface area contributed by atoms with Crippen molar-refractivity contribution >= 4 is 52.5 Å². The van der Waals surface area contributed by atoms with Gasteiger partial charge in [0.1, 0.15) is 0 Å². The Morgan fingerprint density at radius 3 is 2.58 bits per heavy atom. The van der Waals surface area contributed by atoms with Gasteiger partial charge in [0.15, 0.2) is 12.2 Å². The summed E-state index contributed by atoms with van der Waals surface area (Å²) in [6, 6.07) is 22.2. The Labute approximate surface area is 233 Å². The molecule has 7 nitrogen and oxygen atoms in total. The summed E-state index contributed by atoms with van der Waals surface area (Å²) in [4.78, 5) is 28.0. The second kappa shape index (κ2) is 12.0. The lowest BCUT2D eigenvalue weighted by molar-refractivity contribution is -0.134. The van der Waals surface area contributed by atoms with Crippen LogP contribution in [0.4, 0.5) is 10.5 Å². The zero-order chi connectivity index (χ0) is 26.5. The van der Waals surface area contributed by atoms with Gasteiger partial charge in [0, 0.05) is 25.3 Å². The summed E-state index contributed by atoms with van der Waals surface area (Å²) in [6.45, 7) is 3.92. The fourth-order valence-electron chi connectivity index (χ4n) is 5.32. The van der Waals surface area contributed by atoms with Crippen LogP contribution in [0.1, 0.15) is 30.4 Å². The molecule has 0 saturated carbocycles. The van der Waals surface area contributed by atoms with Gasteiger partial charge in [-0.15, -0.1) is 0 Å². The van der Waals surface area contributed by atoms with E-state index in [2.05, 4.69) is 56.4 Å². The molecule has 2 aliphatic heterocycles. The molecule has 1 unspecified atom stereocenters. The van der Waals surface area contributed by atoms with Crippen LogP contribution in [0.5, 0.6) is 0 Å². The summed E-state index contributed by atoms with van der Waals surface area (Å²) in [7, 11) is 0. The highest BCUT2D eigenvalue weighted by Gasteiger charge is 2.51. The summed E-state index contributed by atoms with van der Waals surface area (Å²) in [5, 5.41) is 8.92. The number of carbonyl (C=O) groups excluding carboxylic acids is 2. The number of thioether (sulfide) groups is 1. The lowest BCUT2D eigenvalue weighted by Crippen LogP contribution is -2.57. The number of nitrogens with one attached hydrogen (secondary N) is 2. The molecule has 3 aromatic carbocycles. The molecule has 2 amide bonds. The maximum atomic E-state index is 13.6. The first kappa shape index (κ1) is 26.9. The smallest absolute Gasteiger partial charge is 0.358 e. The molecule has 2 saturated heterocycles. The first-order chi connectivity index (χ1) is 18.5. The molecule has 9 heteroatoms. The zero-order valence-corrected chi connectivity index (χ0v) is 23.4. The molecule has 2 heterocycles. The average Bonchev–Trinajstić information content (AvgIpc) is 3.18. The maximum absolute atomic E-state index is 13.6. The van der Waals surface area contributed by atoms with Crippen LogP contribution in [0.2, 0.25) is 0 Å². The number of aryl methyl sites for hydroxylation is 1. The molecular weight excluding hydrogens is 516 g/mol. The molecule has 2 fully saturated rings. The van der Waals surface area contributed by atoms with Gasteiger partial charge in [0.2, 0.25) is 5.91 Å².